The molecule has 136 valence electrons. The van der Waals surface area contributed by atoms with Crippen molar-refractivity contribution in [2.24, 2.45) is 13.0 Å². The molecule has 2 heterocycles. The number of benzene rings is 1. The highest BCUT2D eigenvalue weighted by Crippen LogP contribution is 2.24. The Labute approximate surface area is 152 Å². The molecule has 1 amide bonds. The van der Waals surface area contributed by atoms with Crippen molar-refractivity contribution in [3.63, 3.8) is 0 Å². The first kappa shape index (κ1) is 18.1. The van der Waals surface area contributed by atoms with Gasteiger partial charge in [0.15, 0.2) is 5.03 Å². The third-order valence-electron chi connectivity index (χ3n) is 4.37. The van der Waals surface area contributed by atoms with Crippen LogP contribution in [-0.4, -0.2) is 41.3 Å². The third-order valence-corrected chi connectivity index (χ3v) is 6.15. The van der Waals surface area contributed by atoms with Crippen LogP contribution >= 0.6 is 0 Å². The molecule has 9 heteroatoms. The molecular formula is C17H19N5O3S. The predicted molar refractivity (Wildman–Crippen MR) is 94.5 cm³/mol. The lowest BCUT2D eigenvalue weighted by atomic mass is 9.97. The lowest BCUT2D eigenvalue weighted by molar-refractivity contribution is -0.120. The van der Waals surface area contributed by atoms with E-state index in [-0.39, 0.29) is 29.9 Å². The summed E-state index contributed by atoms with van der Waals surface area (Å²) in [5, 5.41) is 11.7. The Morgan fingerprint density at radius 3 is 2.69 bits per heavy atom. The average molecular weight is 373 g/mol. The van der Waals surface area contributed by atoms with Gasteiger partial charge in [0.2, 0.25) is 5.91 Å². The molecule has 8 nitrogen and oxygen atoms in total. The molecule has 0 aliphatic carbocycles. The molecule has 0 atom stereocenters. The highest BCUT2D eigenvalue weighted by atomic mass is 32.2. The van der Waals surface area contributed by atoms with Gasteiger partial charge in [0.05, 0.1) is 18.0 Å². The number of amides is 1. The SMILES string of the molecule is Cn1cnc(S(=O)(=O)N2CCC(C(=O)Nc3cccc(C#N)c3)CC2)c1. The summed E-state index contributed by atoms with van der Waals surface area (Å²) in [6.07, 6.45) is 3.80. The zero-order valence-electron chi connectivity index (χ0n) is 14.3. The van der Waals surface area contributed by atoms with Crippen LogP contribution in [0.25, 0.3) is 0 Å². The number of nitrogens with zero attached hydrogens (tertiary/aromatic N) is 4. The third kappa shape index (κ3) is 3.76. The van der Waals surface area contributed by atoms with Crippen LogP contribution in [0.2, 0.25) is 0 Å². The summed E-state index contributed by atoms with van der Waals surface area (Å²) in [6, 6.07) is 8.73. The van der Waals surface area contributed by atoms with E-state index < -0.39 is 10.0 Å². The number of aryl methyl sites for hydroxylation is 1. The van der Waals surface area contributed by atoms with Crippen molar-refractivity contribution >= 4 is 21.6 Å². The number of rotatable bonds is 4. The van der Waals surface area contributed by atoms with Crippen molar-refractivity contribution in [2.45, 2.75) is 17.9 Å². The van der Waals surface area contributed by atoms with Crippen LogP contribution in [0.4, 0.5) is 5.69 Å². The summed E-state index contributed by atoms with van der Waals surface area (Å²) in [6.45, 7) is 0.546. The molecule has 1 saturated heterocycles. The van der Waals surface area contributed by atoms with E-state index in [2.05, 4.69) is 10.3 Å². The van der Waals surface area contributed by atoms with E-state index in [9.17, 15) is 13.2 Å². The Morgan fingerprint density at radius 2 is 2.08 bits per heavy atom. The van der Waals surface area contributed by atoms with Crippen molar-refractivity contribution in [2.75, 3.05) is 18.4 Å². The number of nitriles is 1. The Bertz CT molecular complexity index is 953. The van der Waals surface area contributed by atoms with Gasteiger partial charge in [-0.2, -0.15) is 9.57 Å². The molecule has 0 saturated carbocycles. The van der Waals surface area contributed by atoms with Gasteiger partial charge in [0, 0.05) is 37.9 Å². The molecule has 0 bridgehead atoms. The van der Waals surface area contributed by atoms with Crippen LogP contribution in [0.3, 0.4) is 0 Å². The maximum atomic E-state index is 12.6. The van der Waals surface area contributed by atoms with E-state index in [1.165, 1.54) is 16.8 Å². The molecular weight excluding hydrogens is 354 g/mol. The number of sulfonamides is 1. The Kier molecular flexibility index (Phi) is 5.06. The van der Waals surface area contributed by atoms with Gasteiger partial charge in [0.1, 0.15) is 0 Å². The van der Waals surface area contributed by atoms with Crippen molar-refractivity contribution < 1.29 is 13.2 Å². The monoisotopic (exact) mass is 373 g/mol. The van der Waals surface area contributed by atoms with Crippen LogP contribution in [0.15, 0.2) is 41.8 Å². The number of piperidine rings is 1. The number of aromatic nitrogens is 2. The minimum absolute atomic E-state index is 0.0243. The summed E-state index contributed by atoms with van der Waals surface area (Å²) in [5.74, 6) is -0.425. The number of hydrogen-bond donors (Lipinski definition) is 1. The first-order chi connectivity index (χ1) is 12.4. The van der Waals surface area contributed by atoms with Crippen LogP contribution < -0.4 is 5.32 Å². The zero-order valence-corrected chi connectivity index (χ0v) is 15.1. The number of hydrogen-bond acceptors (Lipinski definition) is 5. The molecule has 1 aliphatic heterocycles. The second-order valence-corrected chi connectivity index (χ2v) is 8.12. The smallest absolute Gasteiger partial charge is 0.262 e. The van der Waals surface area contributed by atoms with Gasteiger partial charge < -0.3 is 9.88 Å². The van der Waals surface area contributed by atoms with E-state index in [0.29, 0.717) is 24.1 Å². The van der Waals surface area contributed by atoms with Crippen molar-refractivity contribution in [1.82, 2.24) is 13.9 Å². The Hall–Kier alpha value is -2.70. The molecule has 0 spiro atoms. The number of anilines is 1. The second-order valence-electron chi connectivity index (χ2n) is 6.24. The van der Waals surface area contributed by atoms with Gasteiger partial charge in [-0.05, 0) is 31.0 Å². The first-order valence-electron chi connectivity index (χ1n) is 8.19. The summed E-state index contributed by atoms with van der Waals surface area (Å²) >= 11 is 0. The van der Waals surface area contributed by atoms with E-state index in [1.54, 1.807) is 35.9 Å². The van der Waals surface area contributed by atoms with Gasteiger partial charge in [-0.25, -0.2) is 13.4 Å². The van der Waals surface area contributed by atoms with Gasteiger partial charge in [0.25, 0.3) is 10.0 Å². The molecule has 0 radical (unpaired) electrons. The van der Waals surface area contributed by atoms with E-state index in [0.717, 1.165) is 0 Å². The number of carbonyl (C=O) groups excluding carboxylic acids is 1. The molecule has 3 rings (SSSR count). The van der Waals surface area contributed by atoms with Gasteiger partial charge in [-0.15, -0.1) is 0 Å². The van der Waals surface area contributed by atoms with Crippen LogP contribution in [0, 0.1) is 17.2 Å². The summed E-state index contributed by atoms with van der Waals surface area (Å²) < 4.78 is 28.1. The number of nitrogens with one attached hydrogen (secondary N) is 1. The summed E-state index contributed by atoms with van der Waals surface area (Å²) in [7, 11) is -1.91. The predicted octanol–water partition coefficient (Wildman–Crippen LogP) is 1.33. The lowest BCUT2D eigenvalue weighted by Gasteiger charge is -2.29. The van der Waals surface area contributed by atoms with E-state index in [1.807, 2.05) is 6.07 Å². The standard InChI is InChI=1S/C17H19N5O3S/c1-21-11-16(19-12-21)26(24,25)22-7-5-14(6-8-22)17(23)20-15-4-2-3-13(9-15)10-18/h2-4,9,11-12,14H,5-8H2,1H3,(H,20,23). The van der Waals surface area contributed by atoms with E-state index in [4.69, 9.17) is 5.26 Å². The van der Waals surface area contributed by atoms with Gasteiger partial charge in [-0.3, -0.25) is 4.79 Å². The lowest BCUT2D eigenvalue weighted by Crippen LogP contribution is -2.41. The highest BCUT2D eigenvalue weighted by Gasteiger charge is 2.33. The van der Waals surface area contributed by atoms with E-state index >= 15 is 0 Å². The Morgan fingerprint density at radius 1 is 1.35 bits per heavy atom. The van der Waals surface area contributed by atoms with Crippen molar-refractivity contribution in [3.8, 4) is 6.07 Å². The molecule has 1 aromatic carbocycles. The highest BCUT2D eigenvalue weighted by molar-refractivity contribution is 7.89. The normalized spacial score (nSPS) is 16.2. The minimum atomic E-state index is -3.62. The first-order valence-corrected chi connectivity index (χ1v) is 9.63. The topological polar surface area (TPSA) is 108 Å². The molecule has 1 aliphatic rings. The van der Waals surface area contributed by atoms with Gasteiger partial charge >= 0.3 is 0 Å². The molecule has 1 aromatic heterocycles. The quantitative estimate of drug-likeness (QED) is 0.870. The van der Waals surface area contributed by atoms with Gasteiger partial charge in [-0.1, -0.05) is 6.07 Å². The maximum absolute atomic E-state index is 12.6. The second kappa shape index (κ2) is 7.27. The molecule has 2 aromatic rings. The fourth-order valence-corrected chi connectivity index (χ4v) is 4.36. The largest absolute Gasteiger partial charge is 0.339 e. The van der Waals surface area contributed by atoms with Crippen LogP contribution in [0.1, 0.15) is 18.4 Å². The minimum Gasteiger partial charge on any atom is -0.339 e. The summed E-state index contributed by atoms with van der Waals surface area (Å²) in [4.78, 5) is 16.3. The number of imidazole rings is 1. The maximum Gasteiger partial charge on any atom is 0.262 e. The molecule has 0 unspecified atom stereocenters. The van der Waals surface area contributed by atoms with Crippen molar-refractivity contribution in [3.05, 3.63) is 42.4 Å². The summed E-state index contributed by atoms with van der Waals surface area (Å²) in [5.41, 5.74) is 1.04. The molecule has 1 fully saturated rings. The Balaban J connectivity index is 1.61. The fraction of sp³-hybridized carbons (Fsp3) is 0.353. The zero-order chi connectivity index (χ0) is 18.7. The fourth-order valence-electron chi connectivity index (χ4n) is 2.92. The number of carbonyl (C=O) groups is 1. The van der Waals surface area contributed by atoms with Crippen LogP contribution in [0.5, 0.6) is 0 Å². The molecule has 26 heavy (non-hydrogen) atoms. The van der Waals surface area contributed by atoms with Crippen LogP contribution in [-0.2, 0) is 21.9 Å². The molecule has 1 N–H and O–H groups in total. The van der Waals surface area contributed by atoms with Crippen molar-refractivity contribution in [1.29, 1.82) is 5.26 Å². The average Bonchev–Trinajstić information content (AvgIpc) is 3.09.